The minimum Gasteiger partial charge on any atom is -0.296 e. The third-order valence-electron chi connectivity index (χ3n) is 1.39. The van der Waals surface area contributed by atoms with Crippen LogP contribution in [-0.4, -0.2) is 30.2 Å². The first-order valence-corrected chi connectivity index (χ1v) is 5.22. The molecule has 0 fully saturated rings. The average Bonchev–Trinajstić information content (AvgIpc) is 2.47. The van der Waals surface area contributed by atoms with Crippen LogP contribution in [0.3, 0.4) is 0 Å². The molecule has 6 nitrogen and oxygen atoms in total. The summed E-state index contributed by atoms with van der Waals surface area (Å²) in [7, 11) is -3.47. The number of nitrogens with two attached hydrogens (primary N) is 1. The maximum Gasteiger partial charge on any atom is 0.210 e. The Bertz CT molecular complexity index is 395. The second kappa shape index (κ2) is 3.67. The normalized spacial score (nSPS) is 11.5. The quantitative estimate of drug-likeness (QED) is 0.634. The lowest BCUT2D eigenvalue weighted by Crippen LogP contribution is -2.20. The molecule has 1 aromatic rings. The van der Waals surface area contributed by atoms with Crippen LogP contribution in [0, 0.1) is 0 Å². The number of aromatic nitrogens is 2. The third-order valence-corrected chi connectivity index (χ3v) is 2.14. The lowest BCUT2D eigenvalue weighted by atomic mass is 10.5. The van der Waals surface area contributed by atoms with E-state index >= 15 is 0 Å². The molecule has 0 saturated carbocycles. The average molecular weight is 203 g/mol. The van der Waals surface area contributed by atoms with Gasteiger partial charge in [0.25, 0.3) is 0 Å². The maximum atomic E-state index is 10.5. The number of aldehydes is 1. The van der Waals surface area contributed by atoms with Crippen molar-refractivity contribution in [3.05, 3.63) is 18.0 Å². The Morgan fingerprint density at radius 1 is 1.62 bits per heavy atom. The number of hydrogen-bond acceptors (Lipinski definition) is 4. The Morgan fingerprint density at radius 2 is 2.31 bits per heavy atom. The van der Waals surface area contributed by atoms with Gasteiger partial charge >= 0.3 is 0 Å². The molecule has 0 bridgehead atoms. The lowest BCUT2D eigenvalue weighted by molar-refractivity contribution is 0.111. The summed E-state index contributed by atoms with van der Waals surface area (Å²) in [5, 5.41) is 8.54. The monoisotopic (exact) mass is 203 g/mol. The summed E-state index contributed by atoms with van der Waals surface area (Å²) in [6.45, 7) is 0.159. The Labute approximate surface area is 75.4 Å². The first-order chi connectivity index (χ1) is 6.01. The number of nitrogens with zero attached hydrogens (tertiary/aromatic N) is 2. The van der Waals surface area contributed by atoms with Gasteiger partial charge in [-0.3, -0.25) is 9.48 Å². The predicted molar refractivity (Wildman–Crippen MR) is 45.6 cm³/mol. The van der Waals surface area contributed by atoms with E-state index in [9.17, 15) is 13.2 Å². The molecule has 0 radical (unpaired) electrons. The fourth-order valence-electron chi connectivity index (χ4n) is 0.786. The van der Waals surface area contributed by atoms with Crippen molar-refractivity contribution in [2.75, 3.05) is 5.75 Å². The molecule has 72 valence electrons. The number of carbonyl (C=O) groups is 1. The number of carbonyl (C=O) groups excluding carboxylic acids is 1. The number of primary sulfonamides is 1. The van der Waals surface area contributed by atoms with Gasteiger partial charge in [-0.2, -0.15) is 5.10 Å². The van der Waals surface area contributed by atoms with Crippen molar-refractivity contribution in [1.82, 2.24) is 9.78 Å². The van der Waals surface area contributed by atoms with E-state index < -0.39 is 10.0 Å². The Kier molecular flexibility index (Phi) is 2.79. The van der Waals surface area contributed by atoms with Gasteiger partial charge in [0.05, 0.1) is 12.3 Å². The number of aryl methyl sites for hydroxylation is 1. The van der Waals surface area contributed by atoms with E-state index in [0.717, 1.165) is 0 Å². The van der Waals surface area contributed by atoms with E-state index in [-0.39, 0.29) is 18.0 Å². The number of sulfonamides is 1. The van der Waals surface area contributed by atoms with Gasteiger partial charge in [0.15, 0.2) is 6.29 Å². The molecule has 1 rings (SSSR count). The predicted octanol–water partition coefficient (Wildman–Crippen LogP) is -1.02. The standard InChI is InChI=1S/C6H9N3O3S/c7-13(11,12)4-3-9-2-1-6(5-10)8-9/h1-2,5H,3-4H2,(H2,7,11,12). The molecule has 1 aromatic heterocycles. The van der Waals surface area contributed by atoms with Crippen molar-refractivity contribution < 1.29 is 13.2 Å². The van der Waals surface area contributed by atoms with E-state index in [2.05, 4.69) is 5.10 Å². The molecule has 0 aliphatic rings. The Morgan fingerprint density at radius 3 is 2.77 bits per heavy atom. The Balaban J connectivity index is 2.60. The molecule has 0 atom stereocenters. The first kappa shape index (κ1) is 9.87. The van der Waals surface area contributed by atoms with Crippen molar-refractivity contribution in [2.24, 2.45) is 5.14 Å². The molecule has 0 aliphatic heterocycles. The van der Waals surface area contributed by atoms with Crippen LogP contribution in [0.25, 0.3) is 0 Å². The van der Waals surface area contributed by atoms with Crippen molar-refractivity contribution >= 4 is 16.3 Å². The topological polar surface area (TPSA) is 95.0 Å². The van der Waals surface area contributed by atoms with Crippen LogP contribution in [0.15, 0.2) is 12.3 Å². The van der Waals surface area contributed by atoms with Crippen LogP contribution in [-0.2, 0) is 16.6 Å². The van der Waals surface area contributed by atoms with Crippen LogP contribution < -0.4 is 5.14 Å². The highest BCUT2D eigenvalue weighted by Gasteiger charge is 2.03. The summed E-state index contributed by atoms with van der Waals surface area (Å²) in [5.74, 6) is -0.188. The maximum absolute atomic E-state index is 10.5. The molecular weight excluding hydrogens is 194 g/mol. The summed E-state index contributed by atoms with van der Waals surface area (Å²) in [6, 6.07) is 1.50. The van der Waals surface area contributed by atoms with Gasteiger partial charge in [0.1, 0.15) is 5.69 Å². The van der Waals surface area contributed by atoms with Gasteiger partial charge in [0, 0.05) is 6.20 Å². The second-order valence-corrected chi connectivity index (χ2v) is 4.22. The zero-order valence-electron chi connectivity index (χ0n) is 6.75. The van der Waals surface area contributed by atoms with Gasteiger partial charge in [0.2, 0.25) is 10.0 Å². The van der Waals surface area contributed by atoms with E-state index in [0.29, 0.717) is 6.29 Å². The van der Waals surface area contributed by atoms with Crippen molar-refractivity contribution in [2.45, 2.75) is 6.54 Å². The second-order valence-electron chi connectivity index (χ2n) is 2.49. The van der Waals surface area contributed by atoms with Crippen LogP contribution in [0.2, 0.25) is 0 Å². The molecule has 7 heteroatoms. The highest BCUT2D eigenvalue weighted by atomic mass is 32.2. The third kappa shape index (κ3) is 3.34. The van der Waals surface area contributed by atoms with Gasteiger partial charge in [-0.05, 0) is 6.07 Å². The largest absolute Gasteiger partial charge is 0.296 e. The smallest absolute Gasteiger partial charge is 0.210 e. The van der Waals surface area contributed by atoms with Crippen LogP contribution in [0.1, 0.15) is 10.5 Å². The van der Waals surface area contributed by atoms with Gasteiger partial charge < -0.3 is 0 Å². The molecule has 0 aliphatic carbocycles. The minimum absolute atomic E-state index is 0.159. The SMILES string of the molecule is NS(=O)(=O)CCn1ccc(C=O)n1. The molecule has 1 heterocycles. The molecule has 0 aromatic carbocycles. The van der Waals surface area contributed by atoms with E-state index in [4.69, 9.17) is 5.14 Å². The zero-order chi connectivity index (χ0) is 9.90. The molecule has 0 unspecified atom stereocenters. The summed E-state index contributed by atoms with van der Waals surface area (Å²) in [4.78, 5) is 10.2. The number of rotatable bonds is 4. The fraction of sp³-hybridized carbons (Fsp3) is 0.333. The zero-order valence-corrected chi connectivity index (χ0v) is 7.57. The van der Waals surface area contributed by atoms with E-state index in [1.54, 1.807) is 0 Å². The van der Waals surface area contributed by atoms with E-state index in [1.165, 1.54) is 16.9 Å². The molecule has 0 amide bonds. The molecular formula is C6H9N3O3S. The first-order valence-electron chi connectivity index (χ1n) is 3.50. The van der Waals surface area contributed by atoms with Crippen molar-refractivity contribution in [3.63, 3.8) is 0 Å². The van der Waals surface area contributed by atoms with Gasteiger partial charge in [-0.15, -0.1) is 0 Å². The fourth-order valence-corrected chi connectivity index (χ4v) is 1.23. The van der Waals surface area contributed by atoms with Crippen LogP contribution in [0.4, 0.5) is 0 Å². The molecule has 13 heavy (non-hydrogen) atoms. The van der Waals surface area contributed by atoms with Crippen molar-refractivity contribution in [3.8, 4) is 0 Å². The van der Waals surface area contributed by atoms with Crippen LogP contribution in [0.5, 0.6) is 0 Å². The van der Waals surface area contributed by atoms with Crippen molar-refractivity contribution in [1.29, 1.82) is 0 Å². The highest BCUT2D eigenvalue weighted by Crippen LogP contribution is 1.92. The minimum atomic E-state index is -3.47. The molecule has 2 N–H and O–H groups in total. The van der Waals surface area contributed by atoms with Gasteiger partial charge in [-0.1, -0.05) is 0 Å². The number of hydrogen-bond donors (Lipinski definition) is 1. The molecule has 0 saturated heterocycles. The van der Waals surface area contributed by atoms with Gasteiger partial charge in [-0.25, -0.2) is 13.6 Å². The summed E-state index contributed by atoms with van der Waals surface area (Å²) in [5.41, 5.74) is 0.273. The summed E-state index contributed by atoms with van der Waals surface area (Å²) >= 11 is 0. The molecule has 0 spiro atoms. The van der Waals surface area contributed by atoms with Crippen LogP contribution >= 0.6 is 0 Å². The Hall–Kier alpha value is -1.21. The van der Waals surface area contributed by atoms with E-state index in [1.807, 2.05) is 0 Å². The summed E-state index contributed by atoms with van der Waals surface area (Å²) < 4.78 is 22.5. The summed E-state index contributed by atoms with van der Waals surface area (Å²) in [6.07, 6.45) is 2.11. The highest BCUT2D eigenvalue weighted by molar-refractivity contribution is 7.89. The lowest BCUT2D eigenvalue weighted by Gasteiger charge is -1.98.